The molecule has 0 aliphatic rings. The van der Waals surface area contributed by atoms with E-state index in [-0.39, 0.29) is 12.5 Å². The van der Waals surface area contributed by atoms with E-state index in [0.29, 0.717) is 29.8 Å². The lowest BCUT2D eigenvalue weighted by Crippen LogP contribution is -2.24. The van der Waals surface area contributed by atoms with Gasteiger partial charge in [0.2, 0.25) is 0 Å². The van der Waals surface area contributed by atoms with Crippen LogP contribution in [0.25, 0.3) is 0 Å². The Labute approximate surface area is 185 Å². The normalized spacial score (nSPS) is 11.0. The molecule has 2 aromatic carbocycles. The molecule has 0 aliphatic carbocycles. The molecule has 1 N–H and O–H groups in total. The van der Waals surface area contributed by atoms with Crippen molar-refractivity contribution in [3.8, 4) is 17.2 Å². The quantitative estimate of drug-likeness (QED) is 0.268. The summed E-state index contributed by atoms with van der Waals surface area (Å²) in [4.78, 5) is 12.0. The van der Waals surface area contributed by atoms with Gasteiger partial charge >= 0.3 is 0 Å². The highest BCUT2D eigenvalue weighted by Gasteiger charge is 2.06. The Morgan fingerprint density at radius 2 is 1.90 bits per heavy atom. The van der Waals surface area contributed by atoms with Gasteiger partial charge in [-0.2, -0.15) is 5.10 Å². The number of carbonyl (C=O) groups excluding carboxylic acids is 1. The van der Waals surface area contributed by atoms with Gasteiger partial charge in [-0.15, -0.1) is 0 Å². The highest BCUT2D eigenvalue weighted by molar-refractivity contribution is 5.83. The van der Waals surface area contributed by atoms with E-state index in [1.807, 2.05) is 42.5 Å². The van der Waals surface area contributed by atoms with Gasteiger partial charge in [-0.05, 0) is 53.8 Å². The van der Waals surface area contributed by atoms with Gasteiger partial charge in [0.25, 0.3) is 5.91 Å². The molecule has 6 heteroatoms. The van der Waals surface area contributed by atoms with Gasteiger partial charge in [0, 0.05) is 0 Å². The molecular weight excluding hydrogens is 392 g/mol. The third-order valence-corrected chi connectivity index (χ3v) is 4.74. The summed E-state index contributed by atoms with van der Waals surface area (Å²) < 4.78 is 16.8. The predicted molar refractivity (Wildman–Crippen MR) is 124 cm³/mol. The first-order valence-corrected chi connectivity index (χ1v) is 10.9. The van der Waals surface area contributed by atoms with Gasteiger partial charge < -0.3 is 14.2 Å². The van der Waals surface area contributed by atoms with Crippen molar-refractivity contribution in [2.75, 3.05) is 20.3 Å². The highest BCUT2D eigenvalue weighted by atomic mass is 16.5. The van der Waals surface area contributed by atoms with Crippen LogP contribution in [0, 0.1) is 0 Å². The minimum Gasteiger partial charge on any atom is -0.493 e. The average molecular weight is 427 g/mol. The van der Waals surface area contributed by atoms with Gasteiger partial charge in [0.15, 0.2) is 18.1 Å². The Morgan fingerprint density at radius 3 is 2.65 bits per heavy atom. The maximum Gasteiger partial charge on any atom is 0.277 e. The molecule has 31 heavy (non-hydrogen) atoms. The summed E-state index contributed by atoms with van der Waals surface area (Å²) >= 11 is 0. The number of hydrogen-bond donors (Lipinski definition) is 1. The molecule has 0 radical (unpaired) electrons. The minimum atomic E-state index is -0.329. The highest BCUT2D eigenvalue weighted by Crippen LogP contribution is 2.27. The number of hydrogen-bond acceptors (Lipinski definition) is 5. The van der Waals surface area contributed by atoms with E-state index in [4.69, 9.17) is 14.2 Å². The number of hydrazone groups is 1. The van der Waals surface area contributed by atoms with Crippen LogP contribution in [-0.4, -0.2) is 32.4 Å². The second-order valence-corrected chi connectivity index (χ2v) is 7.63. The van der Waals surface area contributed by atoms with E-state index < -0.39 is 0 Å². The molecule has 0 fully saturated rings. The van der Waals surface area contributed by atoms with Crippen molar-refractivity contribution < 1.29 is 19.0 Å². The van der Waals surface area contributed by atoms with E-state index in [9.17, 15) is 4.79 Å². The molecule has 0 saturated carbocycles. The van der Waals surface area contributed by atoms with Crippen molar-refractivity contribution in [3.63, 3.8) is 0 Å². The van der Waals surface area contributed by atoms with E-state index in [0.717, 1.165) is 18.4 Å². The van der Waals surface area contributed by atoms with E-state index in [2.05, 4.69) is 31.3 Å². The Morgan fingerprint density at radius 1 is 1.06 bits per heavy atom. The zero-order valence-electron chi connectivity index (χ0n) is 19.0. The van der Waals surface area contributed by atoms with Crippen LogP contribution in [0.15, 0.2) is 47.6 Å². The number of benzene rings is 2. The summed E-state index contributed by atoms with van der Waals surface area (Å²) in [6.45, 7) is 6.97. The maximum absolute atomic E-state index is 12.0. The first kappa shape index (κ1) is 24.3. The lowest BCUT2D eigenvalue weighted by molar-refractivity contribution is -0.123. The SMILES string of the molecule is CCCCCCOc1ccc(/C=N/NC(=O)COc2cccc(C(C)C)c2)cc1OC. The molecule has 2 rings (SSSR count). The molecule has 0 unspecified atom stereocenters. The monoisotopic (exact) mass is 426 g/mol. The maximum atomic E-state index is 12.0. The fraction of sp³-hybridized carbons (Fsp3) is 0.440. The predicted octanol–water partition coefficient (Wildman–Crippen LogP) is 5.31. The smallest absolute Gasteiger partial charge is 0.277 e. The summed E-state index contributed by atoms with van der Waals surface area (Å²) in [5.74, 6) is 2.08. The number of nitrogens with one attached hydrogen (secondary N) is 1. The van der Waals surface area contributed by atoms with E-state index in [1.165, 1.54) is 18.4 Å². The number of amides is 1. The van der Waals surface area contributed by atoms with Crippen molar-refractivity contribution >= 4 is 12.1 Å². The van der Waals surface area contributed by atoms with Crippen molar-refractivity contribution in [3.05, 3.63) is 53.6 Å². The number of methoxy groups -OCH3 is 1. The third kappa shape index (κ3) is 8.70. The van der Waals surface area contributed by atoms with Gasteiger partial charge in [0.05, 0.1) is 19.9 Å². The van der Waals surface area contributed by atoms with E-state index in [1.54, 1.807) is 13.3 Å². The Kier molecular flexibility index (Phi) is 10.4. The first-order chi connectivity index (χ1) is 15.0. The molecule has 2 aromatic rings. The summed E-state index contributed by atoms with van der Waals surface area (Å²) in [5, 5.41) is 4.00. The molecule has 0 heterocycles. The molecule has 0 bridgehead atoms. The van der Waals surface area contributed by atoms with Crippen LogP contribution in [0.5, 0.6) is 17.2 Å². The van der Waals surface area contributed by atoms with Crippen LogP contribution in [0.4, 0.5) is 0 Å². The molecular formula is C25H34N2O4. The van der Waals surface area contributed by atoms with Crippen molar-refractivity contribution in [2.24, 2.45) is 5.10 Å². The Bertz CT molecular complexity index is 849. The summed E-state index contributed by atoms with van der Waals surface area (Å²) in [7, 11) is 1.60. The fourth-order valence-corrected chi connectivity index (χ4v) is 2.92. The molecule has 0 spiro atoms. The zero-order chi connectivity index (χ0) is 22.5. The van der Waals surface area contributed by atoms with Gasteiger partial charge in [-0.1, -0.05) is 52.2 Å². The largest absolute Gasteiger partial charge is 0.493 e. The molecule has 0 atom stereocenters. The number of unbranched alkanes of at least 4 members (excludes halogenated alkanes) is 3. The van der Waals surface area contributed by atoms with Gasteiger partial charge in [-0.3, -0.25) is 4.79 Å². The fourth-order valence-electron chi connectivity index (χ4n) is 2.92. The van der Waals surface area contributed by atoms with Crippen molar-refractivity contribution in [1.82, 2.24) is 5.43 Å². The zero-order valence-corrected chi connectivity index (χ0v) is 19.0. The summed E-state index contributed by atoms with van der Waals surface area (Å²) in [6, 6.07) is 13.3. The molecule has 168 valence electrons. The second-order valence-electron chi connectivity index (χ2n) is 7.63. The molecule has 1 amide bonds. The van der Waals surface area contributed by atoms with Crippen LogP contribution in [-0.2, 0) is 4.79 Å². The van der Waals surface area contributed by atoms with Crippen LogP contribution in [0.2, 0.25) is 0 Å². The van der Waals surface area contributed by atoms with Crippen molar-refractivity contribution in [2.45, 2.75) is 52.4 Å². The lowest BCUT2D eigenvalue weighted by atomic mass is 10.0. The van der Waals surface area contributed by atoms with E-state index >= 15 is 0 Å². The molecule has 0 saturated heterocycles. The van der Waals surface area contributed by atoms with Crippen LogP contribution in [0.3, 0.4) is 0 Å². The Hall–Kier alpha value is -3.02. The van der Waals surface area contributed by atoms with Crippen LogP contribution >= 0.6 is 0 Å². The summed E-state index contributed by atoms with van der Waals surface area (Å²) in [5.41, 5.74) is 4.44. The summed E-state index contributed by atoms with van der Waals surface area (Å²) in [6.07, 6.45) is 6.17. The van der Waals surface area contributed by atoms with Gasteiger partial charge in [0.1, 0.15) is 5.75 Å². The molecule has 0 aromatic heterocycles. The number of carbonyl (C=O) groups is 1. The lowest BCUT2D eigenvalue weighted by Gasteiger charge is -2.11. The van der Waals surface area contributed by atoms with Crippen LogP contribution in [0.1, 0.15) is 63.5 Å². The minimum absolute atomic E-state index is 0.104. The second kappa shape index (κ2) is 13.3. The van der Waals surface area contributed by atoms with Crippen LogP contribution < -0.4 is 19.6 Å². The standard InChI is InChI=1S/C25H34N2O4/c1-5-6-7-8-14-30-23-13-12-20(15-24(23)29-4)17-26-27-25(28)18-31-22-11-9-10-21(16-22)19(2)3/h9-13,15-17,19H,5-8,14,18H2,1-4H3,(H,27,28)/b26-17+. The third-order valence-electron chi connectivity index (χ3n) is 4.74. The van der Waals surface area contributed by atoms with Crippen molar-refractivity contribution in [1.29, 1.82) is 0 Å². The van der Waals surface area contributed by atoms with Gasteiger partial charge in [-0.25, -0.2) is 5.43 Å². The topological polar surface area (TPSA) is 69.2 Å². The number of rotatable bonds is 13. The average Bonchev–Trinajstić information content (AvgIpc) is 2.78. The number of ether oxygens (including phenoxy) is 3. The number of nitrogens with zero attached hydrogens (tertiary/aromatic N) is 1. The molecule has 6 nitrogen and oxygen atoms in total. The Balaban J connectivity index is 1.81. The first-order valence-electron chi connectivity index (χ1n) is 10.9. The molecule has 0 aliphatic heterocycles.